The van der Waals surface area contributed by atoms with Crippen LogP contribution in [0.4, 0.5) is 4.79 Å². The molecule has 1 heterocycles. The molecule has 1 aromatic rings. The Kier molecular flexibility index (Phi) is 5.20. The maximum absolute atomic E-state index is 12.1. The van der Waals surface area contributed by atoms with E-state index in [0.29, 0.717) is 12.5 Å². The minimum Gasteiger partial charge on any atom is -0.478 e. The summed E-state index contributed by atoms with van der Waals surface area (Å²) in [5.41, 5.74) is 1.16. The Balaban J connectivity index is 1.80. The van der Waals surface area contributed by atoms with Crippen LogP contribution in [0.15, 0.2) is 24.3 Å². The standard InChI is InChI=1S/C16H22N2O3/c1-2-3-13-8-9-18(11-13)16(21)17-10-12-4-6-14(7-5-12)15(19)20/h4-7,13H,2-3,8-11H2,1H3,(H,17,21)(H,19,20). The topological polar surface area (TPSA) is 69.6 Å². The Morgan fingerprint density at radius 2 is 2.05 bits per heavy atom. The van der Waals surface area contributed by atoms with Crippen molar-refractivity contribution in [3.63, 3.8) is 0 Å². The molecule has 1 fully saturated rings. The molecule has 1 aliphatic heterocycles. The van der Waals surface area contributed by atoms with Crippen LogP contribution >= 0.6 is 0 Å². The Hall–Kier alpha value is -2.04. The number of carboxylic acid groups (broad SMARTS) is 1. The molecular formula is C16H22N2O3. The number of aromatic carboxylic acids is 1. The lowest BCUT2D eigenvalue weighted by Gasteiger charge is -2.17. The van der Waals surface area contributed by atoms with Gasteiger partial charge in [0.1, 0.15) is 0 Å². The zero-order valence-corrected chi connectivity index (χ0v) is 12.3. The Labute approximate surface area is 125 Å². The van der Waals surface area contributed by atoms with Crippen molar-refractivity contribution < 1.29 is 14.7 Å². The molecule has 5 nitrogen and oxygen atoms in total. The lowest BCUT2D eigenvalue weighted by molar-refractivity contribution is 0.0697. The normalized spacial score (nSPS) is 17.8. The fourth-order valence-electron chi connectivity index (χ4n) is 2.72. The van der Waals surface area contributed by atoms with E-state index in [1.54, 1.807) is 24.3 Å². The number of rotatable bonds is 5. The molecule has 0 aromatic heterocycles. The fourth-order valence-corrected chi connectivity index (χ4v) is 2.72. The first-order valence-corrected chi connectivity index (χ1v) is 7.45. The van der Waals surface area contributed by atoms with E-state index in [4.69, 9.17) is 5.11 Å². The van der Waals surface area contributed by atoms with Gasteiger partial charge in [0.05, 0.1) is 5.56 Å². The summed E-state index contributed by atoms with van der Waals surface area (Å²) >= 11 is 0. The predicted molar refractivity (Wildman–Crippen MR) is 80.2 cm³/mol. The van der Waals surface area contributed by atoms with E-state index in [-0.39, 0.29) is 11.6 Å². The van der Waals surface area contributed by atoms with Crippen LogP contribution in [-0.4, -0.2) is 35.1 Å². The first-order valence-electron chi connectivity index (χ1n) is 7.45. The van der Waals surface area contributed by atoms with Crippen molar-refractivity contribution in [1.82, 2.24) is 10.2 Å². The summed E-state index contributed by atoms with van der Waals surface area (Å²) in [6.07, 6.45) is 3.44. The smallest absolute Gasteiger partial charge is 0.335 e. The SMILES string of the molecule is CCCC1CCN(C(=O)NCc2ccc(C(=O)O)cc2)C1. The maximum Gasteiger partial charge on any atom is 0.335 e. The predicted octanol–water partition coefficient (Wildman–Crippen LogP) is 2.72. The van der Waals surface area contributed by atoms with Crippen LogP contribution in [0.1, 0.15) is 42.1 Å². The molecule has 2 rings (SSSR count). The number of urea groups is 1. The molecule has 5 heteroatoms. The van der Waals surface area contributed by atoms with Gasteiger partial charge in [-0.25, -0.2) is 9.59 Å². The number of likely N-dealkylation sites (tertiary alicyclic amines) is 1. The maximum atomic E-state index is 12.1. The summed E-state index contributed by atoms with van der Waals surface area (Å²) in [6.45, 7) is 4.27. The highest BCUT2D eigenvalue weighted by Gasteiger charge is 2.25. The highest BCUT2D eigenvalue weighted by molar-refractivity contribution is 5.87. The van der Waals surface area contributed by atoms with Crippen molar-refractivity contribution in [3.05, 3.63) is 35.4 Å². The Bertz CT molecular complexity index is 499. The van der Waals surface area contributed by atoms with Crippen LogP contribution in [0, 0.1) is 5.92 Å². The second kappa shape index (κ2) is 7.11. The second-order valence-electron chi connectivity index (χ2n) is 5.55. The number of hydrogen-bond donors (Lipinski definition) is 2. The third kappa shape index (κ3) is 4.21. The number of nitrogens with one attached hydrogen (secondary N) is 1. The Morgan fingerprint density at radius 3 is 2.67 bits per heavy atom. The quantitative estimate of drug-likeness (QED) is 0.876. The lowest BCUT2D eigenvalue weighted by Crippen LogP contribution is -2.38. The first kappa shape index (κ1) is 15.4. The van der Waals surface area contributed by atoms with Crippen LogP contribution in [0.3, 0.4) is 0 Å². The van der Waals surface area contributed by atoms with E-state index in [9.17, 15) is 9.59 Å². The Morgan fingerprint density at radius 1 is 1.33 bits per heavy atom. The molecule has 0 saturated carbocycles. The largest absolute Gasteiger partial charge is 0.478 e. The highest BCUT2D eigenvalue weighted by atomic mass is 16.4. The molecule has 1 aliphatic rings. The number of hydrogen-bond acceptors (Lipinski definition) is 2. The molecule has 0 radical (unpaired) electrons. The van der Waals surface area contributed by atoms with Gasteiger partial charge in [0, 0.05) is 19.6 Å². The van der Waals surface area contributed by atoms with E-state index < -0.39 is 5.97 Å². The van der Waals surface area contributed by atoms with Crippen LogP contribution in [0.25, 0.3) is 0 Å². The minimum atomic E-state index is -0.940. The summed E-state index contributed by atoms with van der Waals surface area (Å²) in [4.78, 5) is 24.7. The molecule has 1 atom stereocenters. The van der Waals surface area contributed by atoms with Gasteiger partial charge in [-0.1, -0.05) is 25.5 Å². The number of carbonyl (C=O) groups excluding carboxylic acids is 1. The number of benzene rings is 1. The summed E-state index contributed by atoms with van der Waals surface area (Å²) in [6, 6.07) is 6.53. The van der Waals surface area contributed by atoms with Gasteiger partial charge in [-0.05, 0) is 36.5 Å². The number of carbonyl (C=O) groups is 2. The molecule has 2 amide bonds. The van der Waals surface area contributed by atoms with Gasteiger partial charge in [0.2, 0.25) is 0 Å². The van der Waals surface area contributed by atoms with Gasteiger partial charge in [0.15, 0.2) is 0 Å². The zero-order valence-electron chi connectivity index (χ0n) is 12.3. The molecular weight excluding hydrogens is 268 g/mol. The monoisotopic (exact) mass is 290 g/mol. The van der Waals surface area contributed by atoms with Gasteiger partial charge in [-0.2, -0.15) is 0 Å². The number of carboxylic acids is 1. The van der Waals surface area contributed by atoms with Crippen LogP contribution < -0.4 is 5.32 Å². The van der Waals surface area contributed by atoms with Crippen LogP contribution in [-0.2, 0) is 6.54 Å². The molecule has 1 saturated heterocycles. The molecule has 0 bridgehead atoms. The average Bonchev–Trinajstić information content (AvgIpc) is 2.94. The molecule has 0 spiro atoms. The molecule has 21 heavy (non-hydrogen) atoms. The average molecular weight is 290 g/mol. The van der Waals surface area contributed by atoms with E-state index in [1.165, 1.54) is 6.42 Å². The summed E-state index contributed by atoms with van der Waals surface area (Å²) in [7, 11) is 0. The van der Waals surface area contributed by atoms with Gasteiger partial charge >= 0.3 is 12.0 Å². The van der Waals surface area contributed by atoms with E-state index in [2.05, 4.69) is 12.2 Å². The van der Waals surface area contributed by atoms with E-state index >= 15 is 0 Å². The summed E-state index contributed by atoms with van der Waals surface area (Å²) in [5.74, 6) is -0.305. The highest BCUT2D eigenvalue weighted by Crippen LogP contribution is 2.20. The van der Waals surface area contributed by atoms with Gasteiger partial charge in [0.25, 0.3) is 0 Å². The van der Waals surface area contributed by atoms with Crippen molar-refractivity contribution in [1.29, 1.82) is 0 Å². The van der Waals surface area contributed by atoms with E-state index in [1.807, 2.05) is 4.90 Å². The molecule has 2 N–H and O–H groups in total. The zero-order chi connectivity index (χ0) is 15.2. The lowest BCUT2D eigenvalue weighted by atomic mass is 10.0. The van der Waals surface area contributed by atoms with Crippen LogP contribution in [0.2, 0.25) is 0 Å². The molecule has 1 unspecified atom stereocenters. The summed E-state index contributed by atoms with van der Waals surface area (Å²) in [5, 5.41) is 11.7. The van der Waals surface area contributed by atoms with Crippen molar-refractivity contribution in [2.24, 2.45) is 5.92 Å². The third-order valence-corrected chi connectivity index (χ3v) is 3.91. The molecule has 0 aliphatic carbocycles. The van der Waals surface area contributed by atoms with Crippen molar-refractivity contribution in [2.45, 2.75) is 32.7 Å². The minimum absolute atomic E-state index is 0.0316. The second-order valence-corrected chi connectivity index (χ2v) is 5.55. The van der Waals surface area contributed by atoms with Gasteiger partial charge < -0.3 is 15.3 Å². The fraction of sp³-hybridized carbons (Fsp3) is 0.500. The van der Waals surface area contributed by atoms with Crippen molar-refractivity contribution in [2.75, 3.05) is 13.1 Å². The van der Waals surface area contributed by atoms with Crippen LogP contribution in [0.5, 0.6) is 0 Å². The first-order chi connectivity index (χ1) is 10.1. The van der Waals surface area contributed by atoms with Gasteiger partial charge in [-0.15, -0.1) is 0 Å². The number of nitrogens with zero attached hydrogens (tertiary/aromatic N) is 1. The van der Waals surface area contributed by atoms with Gasteiger partial charge in [-0.3, -0.25) is 0 Å². The van der Waals surface area contributed by atoms with Crippen molar-refractivity contribution >= 4 is 12.0 Å². The number of amides is 2. The van der Waals surface area contributed by atoms with E-state index in [0.717, 1.165) is 31.5 Å². The summed E-state index contributed by atoms with van der Waals surface area (Å²) < 4.78 is 0. The molecule has 1 aromatic carbocycles. The van der Waals surface area contributed by atoms with Crippen molar-refractivity contribution in [3.8, 4) is 0 Å². The third-order valence-electron chi connectivity index (χ3n) is 3.91. The molecule has 114 valence electrons.